The first-order valence-electron chi connectivity index (χ1n) is 4.06. The molecule has 0 saturated carbocycles. The van der Waals surface area contributed by atoms with Crippen LogP contribution in [0.3, 0.4) is 0 Å². The standard InChI is InChI=1S/C8H11BrN2S/c9-7-1-6-12-8(7)11-4-2-10-3-5-11/h1,6,10H,2-5H2. The molecule has 2 rings (SSSR count). The number of piperazine rings is 1. The molecule has 1 aromatic heterocycles. The van der Waals surface area contributed by atoms with Crippen LogP contribution >= 0.6 is 27.3 Å². The molecule has 1 fully saturated rings. The first-order chi connectivity index (χ1) is 5.88. The molecule has 0 radical (unpaired) electrons. The zero-order chi connectivity index (χ0) is 8.39. The Labute approximate surface area is 84.7 Å². The van der Waals surface area contributed by atoms with Crippen LogP contribution in [0.1, 0.15) is 0 Å². The molecule has 2 nitrogen and oxygen atoms in total. The highest BCUT2D eigenvalue weighted by Crippen LogP contribution is 2.32. The monoisotopic (exact) mass is 246 g/mol. The van der Waals surface area contributed by atoms with E-state index in [1.54, 1.807) is 0 Å². The van der Waals surface area contributed by atoms with Gasteiger partial charge in [0.15, 0.2) is 0 Å². The minimum Gasteiger partial charge on any atom is -0.360 e. The molecule has 66 valence electrons. The maximum absolute atomic E-state index is 3.55. The Morgan fingerprint density at radius 2 is 2.17 bits per heavy atom. The zero-order valence-electron chi connectivity index (χ0n) is 6.72. The van der Waals surface area contributed by atoms with E-state index >= 15 is 0 Å². The minimum absolute atomic E-state index is 1.10. The van der Waals surface area contributed by atoms with Gasteiger partial charge in [-0.15, -0.1) is 11.3 Å². The Balaban J connectivity index is 2.13. The number of nitrogens with one attached hydrogen (secondary N) is 1. The van der Waals surface area contributed by atoms with E-state index in [1.807, 2.05) is 11.3 Å². The van der Waals surface area contributed by atoms with Crippen molar-refractivity contribution in [2.45, 2.75) is 0 Å². The van der Waals surface area contributed by atoms with Crippen LogP contribution in [0, 0.1) is 0 Å². The Kier molecular flexibility index (Phi) is 2.68. The first kappa shape index (κ1) is 8.53. The smallest absolute Gasteiger partial charge is 0.105 e. The second kappa shape index (κ2) is 3.77. The van der Waals surface area contributed by atoms with Crippen LogP contribution in [0.25, 0.3) is 0 Å². The van der Waals surface area contributed by atoms with E-state index < -0.39 is 0 Å². The van der Waals surface area contributed by atoms with Gasteiger partial charge in [0.05, 0.1) is 4.47 Å². The van der Waals surface area contributed by atoms with Crippen molar-refractivity contribution in [3.8, 4) is 0 Å². The van der Waals surface area contributed by atoms with Gasteiger partial charge in [-0.25, -0.2) is 0 Å². The van der Waals surface area contributed by atoms with Crippen LogP contribution in [0.15, 0.2) is 15.9 Å². The molecule has 1 aliphatic heterocycles. The van der Waals surface area contributed by atoms with Crippen molar-refractivity contribution in [2.75, 3.05) is 31.1 Å². The summed E-state index contributed by atoms with van der Waals surface area (Å²) in [5, 5.41) is 6.84. The highest BCUT2D eigenvalue weighted by molar-refractivity contribution is 9.10. The Morgan fingerprint density at radius 3 is 2.75 bits per heavy atom. The fraction of sp³-hybridized carbons (Fsp3) is 0.500. The highest BCUT2D eigenvalue weighted by Gasteiger charge is 2.13. The lowest BCUT2D eigenvalue weighted by atomic mass is 10.4. The van der Waals surface area contributed by atoms with Crippen molar-refractivity contribution >= 4 is 32.3 Å². The summed E-state index contributed by atoms with van der Waals surface area (Å²) < 4.78 is 1.23. The topological polar surface area (TPSA) is 15.3 Å². The number of rotatable bonds is 1. The van der Waals surface area contributed by atoms with Crippen molar-refractivity contribution in [3.05, 3.63) is 15.9 Å². The fourth-order valence-corrected chi connectivity index (χ4v) is 3.06. The van der Waals surface area contributed by atoms with Gasteiger partial charge in [-0.3, -0.25) is 0 Å². The molecule has 12 heavy (non-hydrogen) atoms. The van der Waals surface area contributed by atoms with Crippen molar-refractivity contribution in [3.63, 3.8) is 0 Å². The summed E-state index contributed by atoms with van der Waals surface area (Å²) >= 11 is 5.36. The zero-order valence-corrected chi connectivity index (χ0v) is 9.12. The Morgan fingerprint density at radius 1 is 1.42 bits per heavy atom. The average molecular weight is 247 g/mol. The fourth-order valence-electron chi connectivity index (χ4n) is 1.38. The normalized spacial score (nSPS) is 18.2. The number of hydrogen-bond donors (Lipinski definition) is 1. The SMILES string of the molecule is Brc1ccsc1N1CCNCC1. The number of hydrogen-bond acceptors (Lipinski definition) is 3. The van der Waals surface area contributed by atoms with Crippen molar-refractivity contribution < 1.29 is 0 Å². The third-order valence-corrected chi connectivity index (χ3v) is 3.88. The number of halogens is 1. The summed E-state index contributed by atoms with van der Waals surface area (Å²) in [6, 6.07) is 2.11. The van der Waals surface area contributed by atoms with E-state index in [0.29, 0.717) is 0 Å². The molecule has 1 N–H and O–H groups in total. The summed E-state index contributed by atoms with van der Waals surface area (Å²) in [5.74, 6) is 0. The van der Waals surface area contributed by atoms with Gasteiger partial charge in [-0.05, 0) is 27.4 Å². The second-order valence-electron chi connectivity index (χ2n) is 2.81. The third kappa shape index (κ3) is 1.65. The van der Waals surface area contributed by atoms with E-state index in [4.69, 9.17) is 0 Å². The van der Waals surface area contributed by atoms with Gasteiger partial charge < -0.3 is 10.2 Å². The van der Waals surface area contributed by atoms with E-state index in [-0.39, 0.29) is 0 Å². The van der Waals surface area contributed by atoms with Crippen LogP contribution < -0.4 is 10.2 Å². The summed E-state index contributed by atoms with van der Waals surface area (Å²) in [4.78, 5) is 2.42. The van der Waals surface area contributed by atoms with Crippen LogP contribution in [0.4, 0.5) is 5.00 Å². The van der Waals surface area contributed by atoms with Crippen molar-refractivity contribution in [1.82, 2.24) is 5.32 Å². The highest BCUT2D eigenvalue weighted by atomic mass is 79.9. The number of nitrogens with zero attached hydrogens (tertiary/aromatic N) is 1. The van der Waals surface area contributed by atoms with Gasteiger partial charge >= 0.3 is 0 Å². The van der Waals surface area contributed by atoms with Gasteiger partial charge in [0, 0.05) is 26.2 Å². The largest absolute Gasteiger partial charge is 0.360 e. The molecule has 2 heterocycles. The molecule has 0 spiro atoms. The van der Waals surface area contributed by atoms with Crippen LogP contribution in [0.2, 0.25) is 0 Å². The molecule has 1 aromatic rings. The van der Waals surface area contributed by atoms with E-state index in [2.05, 4.69) is 37.6 Å². The maximum Gasteiger partial charge on any atom is 0.105 e. The third-order valence-electron chi connectivity index (χ3n) is 2.00. The van der Waals surface area contributed by atoms with Crippen molar-refractivity contribution in [1.29, 1.82) is 0 Å². The molecule has 0 aromatic carbocycles. The van der Waals surface area contributed by atoms with Gasteiger partial charge in [-0.1, -0.05) is 0 Å². The van der Waals surface area contributed by atoms with Gasteiger partial charge in [-0.2, -0.15) is 0 Å². The average Bonchev–Trinajstić information content (AvgIpc) is 2.53. The van der Waals surface area contributed by atoms with Gasteiger partial charge in [0.1, 0.15) is 5.00 Å². The van der Waals surface area contributed by atoms with E-state index in [9.17, 15) is 0 Å². The molecule has 0 amide bonds. The Hall–Kier alpha value is -0.0600. The van der Waals surface area contributed by atoms with Crippen LogP contribution in [-0.2, 0) is 0 Å². The predicted octanol–water partition coefficient (Wildman–Crippen LogP) is 1.92. The molecule has 0 unspecified atom stereocenters. The number of anilines is 1. The summed E-state index contributed by atoms with van der Waals surface area (Å²) in [6.45, 7) is 4.45. The quantitative estimate of drug-likeness (QED) is 0.815. The first-order valence-corrected chi connectivity index (χ1v) is 5.74. The van der Waals surface area contributed by atoms with Crippen LogP contribution in [-0.4, -0.2) is 26.2 Å². The maximum atomic E-state index is 3.55. The lowest BCUT2D eigenvalue weighted by Crippen LogP contribution is -2.43. The minimum atomic E-state index is 1.10. The lowest BCUT2D eigenvalue weighted by Gasteiger charge is -2.28. The summed E-state index contributed by atoms with van der Waals surface area (Å²) in [5.41, 5.74) is 0. The molecule has 0 bridgehead atoms. The van der Waals surface area contributed by atoms with Gasteiger partial charge in [0.2, 0.25) is 0 Å². The summed E-state index contributed by atoms with van der Waals surface area (Å²) in [7, 11) is 0. The lowest BCUT2D eigenvalue weighted by molar-refractivity contribution is 0.591. The van der Waals surface area contributed by atoms with E-state index in [0.717, 1.165) is 26.2 Å². The Bertz CT molecular complexity index is 255. The molecular formula is C8H11BrN2S. The molecule has 4 heteroatoms. The summed E-state index contributed by atoms with van der Waals surface area (Å²) in [6.07, 6.45) is 0. The molecular weight excluding hydrogens is 236 g/mol. The molecule has 1 aliphatic rings. The predicted molar refractivity (Wildman–Crippen MR) is 57.1 cm³/mol. The van der Waals surface area contributed by atoms with E-state index in [1.165, 1.54) is 9.47 Å². The van der Waals surface area contributed by atoms with Crippen LogP contribution in [0.5, 0.6) is 0 Å². The number of thiophene rings is 1. The molecule has 1 saturated heterocycles. The van der Waals surface area contributed by atoms with Gasteiger partial charge in [0.25, 0.3) is 0 Å². The second-order valence-corrected chi connectivity index (χ2v) is 4.56. The molecule has 0 aliphatic carbocycles. The molecule has 0 atom stereocenters. The van der Waals surface area contributed by atoms with Crippen molar-refractivity contribution in [2.24, 2.45) is 0 Å².